The number of ether oxygens (including phenoxy) is 1. The fourth-order valence-electron chi connectivity index (χ4n) is 2.26. The topological polar surface area (TPSA) is 88.7 Å². The van der Waals surface area contributed by atoms with Crippen molar-refractivity contribution in [2.24, 2.45) is 0 Å². The third kappa shape index (κ3) is 3.66. The van der Waals surface area contributed by atoms with Crippen molar-refractivity contribution in [1.29, 1.82) is 0 Å². The fourth-order valence-corrected chi connectivity index (χ4v) is 2.89. The van der Waals surface area contributed by atoms with Crippen molar-refractivity contribution >= 4 is 17.3 Å². The van der Waals surface area contributed by atoms with E-state index < -0.39 is 5.97 Å². The van der Waals surface area contributed by atoms with E-state index in [0.717, 1.165) is 12.1 Å². The smallest absolute Gasteiger partial charge is 0.306 e. The van der Waals surface area contributed by atoms with Crippen LogP contribution in [0.15, 0.2) is 21.3 Å². The molecule has 1 saturated heterocycles. The Labute approximate surface area is 125 Å². The van der Waals surface area contributed by atoms with Gasteiger partial charge in [0.1, 0.15) is 0 Å². The van der Waals surface area contributed by atoms with Gasteiger partial charge in [-0.05, 0) is 11.4 Å². The summed E-state index contributed by atoms with van der Waals surface area (Å²) in [7, 11) is 0. The Morgan fingerprint density at radius 2 is 2.48 bits per heavy atom. The Kier molecular flexibility index (Phi) is 4.28. The van der Waals surface area contributed by atoms with Crippen molar-refractivity contribution in [2.45, 2.75) is 19.1 Å². The average molecular weight is 309 g/mol. The largest absolute Gasteiger partial charge is 0.481 e. The quantitative estimate of drug-likeness (QED) is 0.894. The molecule has 3 heterocycles. The number of aliphatic carboxylic acids is 1. The summed E-state index contributed by atoms with van der Waals surface area (Å²) in [5.74, 6) is 0.273. The second-order valence-electron chi connectivity index (χ2n) is 4.85. The van der Waals surface area contributed by atoms with E-state index in [4.69, 9.17) is 14.4 Å². The van der Waals surface area contributed by atoms with Gasteiger partial charge in [0.15, 0.2) is 5.82 Å². The minimum absolute atomic E-state index is 0.0168. The van der Waals surface area contributed by atoms with Crippen molar-refractivity contribution < 1.29 is 19.2 Å². The molecule has 1 unspecified atom stereocenters. The van der Waals surface area contributed by atoms with Gasteiger partial charge in [-0.3, -0.25) is 9.69 Å². The zero-order valence-corrected chi connectivity index (χ0v) is 12.1. The van der Waals surface area contributed by atoms with Gasteiger partial charge in [-0.2, -0.15) is 16.3 Å². The number of nitrogens with zero attached hydrogens (tertiary/aromatic N) is 3. The van der Waals surface area contributed by atoms with Crippen molar-refractivity contribution in [3.05, 3.63) is 22.7 Å². The molecule has 0 aliphatic carbocycles. The van der Waals surface area contributed by atoms with E-state index in [1.54, 1.807) is 11.3 Å². The third-order valence-electron chi connectivity index (χ3n) is 3.23. The molecule has 21 heavy (non-hydrogen) atoms. The average Bonchev–Trinajstić information content (AvgIpc) is 3.08. The zero-order chi connectivity index (χ0) is 14.7. The van der Waals surface area contributed by atoms with Gasteiger partial charge in [0.25, 0.3) is 5.89 Å². The fraction of sp³-hybridized carbons (Fsp3) is 0.462. The van der Waals surface area contributed by atoms with E-state index in [2.05, 4.69) is 15.0 Å². The van der Waals surface area contributed by atoms with Crippen LogP contribution in [0.3, 0.4) is 0 Å². The Bertz CT molecular complexity index is 598. The van der Waals surface area contributed by atoms with Crippen molar-refractivity contribution in [1.82, 2.24) is 15.0 Å². The minimum atomic E-state index is -0.846. The molecule has 112 valence electrons. The van der Waals surface area contributed by atoms with Crippen LogP contribution in [0.5, 0.6) is 0 Å². The van der Waals surface area contributed by atoms with Gasteiger partial charge in [-0.15, -0.1) is 0 Å². The molecule has 3 rings (SSSR count). The molecular weight excluding hydrogens is 294 g/mol. The molecule has 2 aromatic heterocycles. The van der Waals surface area contributed by atoms with Crippen molar-refractivity contribution in [2.75, 3.05) is 19.7 Å². The van der Waals surface area contributed by atoms with Gasteiger partial charge < -0.3 is 14.4 Å². The predicted molar refractivity (Wildman–Crippen MR) is 74.9 cm³/mol. The first-order chi connectivity index (χ1) is 10.2. The van der Waals surface area contributed by atoms with E-state index in [0.29, 0.717) is 31.4 Å². The number of hydrogen-bond donors (Lipinski definition) is 1. The molecule has 8 heteroatoms. The molecule has 0 radical (unpaired) electrons. The summed E-state index contributed by atoms with van der Waals surface area (Å²) in [6.07, 6.45) is -0.261. The van der Waals surface area contributed by atoms with E-state index in [1.165, 1.54) is 0 Å². The number of morpholine rings is 1. The van der Waals surface area contributed by atoms with Crippen molar-refractivity contribution in [3.8, 4) is 11.5 Å². The highest BCUT2D eigenvalue weighted by atomic mass is 32.1. The molecule has 0 spiro atoms. The number of thiophene rings is 1. The standard InChI is InChI=1S/C13H15N3O4S/c17-12(18)5-10-6-16(2-3-19-10)7-11-14-13(20-15-11)9-1-4-21-8-9/h1,4,8,10H,2-3,5-7H2,(H,17,18). The molecule has 1 N–H and O–H groups in total. The molecule has 1 aliphatic heterocycles. The lowest BCUT2D eigenvalue weighted by Crippen LogP contribution is -2.42. The Morgan fingerprint density at radius 3 is 3.24 bits per heavy atom. The highest BCUT2D eigenvalue weighted by molar-refractivity contribution is 7.08. The van der Waals surface area contributed by atoms with Crippen LogP contribution in [-0.4, -0.2) is 51.9 Å². The SMILES string of the molecule is O=C(O)CC1CN(Cc2noc(-c3ccsc3)n2)CCO1. The molecule has 1 atom stereocenters. The first-order valence-electron chi connectivity index (χ1n) is 6.61. The maximum atomic E-state index is 10.7. The molecule has 0 bridgehead atoms. The number of carboxylic acids is 1. The van der Waals surface area contributed by atoms with Gasteiger partial charge in [-0.25, -0.2) is 0 Å². The van der Waals surface area contributed by atoms with Crippen LogP contribution < -0.4 is 0 Å². The number of carbonyl (C=O) groups is 1. The number of hydrogen-bond acceptors (Lipinski definition) is 7. The van der Waals surface area contributed by atoms with Crippen LogP contribution in [0.2, 0.25) is 0 Å². The van der Waals surface area contributed by atoms with Crippen LogP contribution in [0, 0.1) is 0 Å². The van der Waals surface area contributed by atoms with Crippen LogP contribution in [0.25, 0.3) is 11.5 Å². The van der Waals surface area contributed by atoms with E-state index >= 15 is 0 Å². The van der Waals surface area contributed by atoms with Gasteiger partial charge in [-0.1, -0.05) is 5.16 Å². The minimum Gasteiger partial charge on any atom is -0.481 e. The van der Waals surface area contributed by atoms with Gasteiger partial charge in [0.2, 0.25) is 0 Å². The summed E-state index contributed by atoms with van der Waals surface area (Å²) in [5.41, 5.74) is 0.921. The summed E-state index contributed by atoms with van der Waals surface area (Å²) in [6.45, 7) is 2.35. The van der Waals surface area contributed by atoms with Crippen LogP contribution in [-0.2, 0) is 16.1 Å². The van der Waals surface area contributed by atoms with Crippen LogP contribution in [0.1, 0.15) is 12.2 Å². The molecule has 0 aromatic carbocycles. The third-order valence-corrected chi connectivity index (χ3v) is 3.91. The monoisotopic (exact) mass is 309 g/mol. The lowest BCUT2D eigenvalue weighted by molar-refractivity contribution is -0.142. The van der Waals surface area contributed by atoms with E-state index in [1.807, 2.05) is 16.8 Å². The molecule has 2 aromatic rings. The maximum absolute atomic E-state index is 10.7. The lowest BCUT2D eigenvalue weighted by Gasteiger charge is -2.31. The van der Waals surface area contributed by atoms with Crippen LogP contribution in [0.4, 0.5) is 0 Å². The number of aromatic nitrogens is 2. The maximum Gasteiger partial charge on any atom is 0.306 e. The zero-order valence-electron chi connectivity index (χ0n) is 11.3. The molecule has 1 aliphatic rings. The number of rotatable bonds is 5. The summed E-state index contributed by atoms with van der Waals surface area (Å²) >= 11 is 1.57. The molecule has 0 amide bonds. The second-order valence-corrected chi connectivity index (χ2v) is 5.63. The Morgan fingerprint density at radius 1 is 1.57 bits per heavy atom. The van der Waals surface area contributed by atoms with Crippen molar-refractivity contribution in [3.63, 3.8) is 0 Å². The second kappa shape index (κ2) is 6.33. The van der Waals surface area contributed by atoms with Gasteiger partial charge in [0, 0.05) is 18.5 Å². The first kappa shape index (κ1) is 14.2. The molecule has 1 fully saturated rings. The molecule has 0 saturated carbocycles. The van der Waals surface area contributed by atoms with Gasteiger partial charge in [0.05, 0.1) is 31.2 Å². The highest BCUT2D eigenvalue weighted by Gasteiger charge is 2.24. The van der Waals surface area contributed by atoms with Crippen LogP contribution >= 0.6 is 11.3 Å². The first-order valence-corrected chi connectivity index (χ1v) is 7.56. The highest BCUT2D eigenvalue weighted by Crippen LogP contribution is 2.20. The van der Waals surface area contributed by atoms with Gasteiger partial charge >= 0.3 is 5.97 Å². The van der Waals surface area contributed by atoms with E-state index in [9.17, 15) is 4.79 Å². The summed E-state index contributed by atoms with van der Waals surface area (Å²) in [6, 6.07) is 1.93. The molecular formula is C13H15N3O4S. The van der Waals surface area contributed by atoms with E-state index in [-0.39, 0.29) is 12.5 Å². The Balaban J connectivity index is 1.60. The lowest BCUT2D eigenvalue weighted by atomic mass is 10.2. The molecule has 7 nitrogen and oxygen atoms in total. The number of carboxylic acid groups (broad SMARTS) is 1. The summed E-state index contributed by atoms with van der Waals surface area (Å²) in [4.78, 5) is 17.2. The normalized spacial score (nSPS) is 19.7. The Hall–Kier alpha value is -1.77. The summed E-state index contributed by atoms with van der Waals surface area (Å²) < 4.78 is 10.7. The predicted octanol–water partition coefficient (Wildman–Crippen LogP) is 1.47. The summed E-state index contributed by atoms with van der Waals surface area (Å²) in [5, 5.41) is 16.7.